The molecule has 1 saturated carbocycles. The van der Waals surface area contributed by atoms with Crippen LogP contribution in [0.1, 0.15) is 48.8 Å². The molecule has 4 N–H and O–H groups in total. The van der Waals surface area contributed by atoms with Gasteiger partial charge in [0.05, 0.1) is 6.04 Å². The van der Waals surface area contributed by atoms with Gasteiger partial charge in [0.15, 0.2) is 11.5 Å². The van der Waals surface area contributed by atoms with Gasteiger partial charge in [0.2, 0.25) is 12.7 Å². The second-order valence-electron chi connectivity index (χ2n) is 9.78. The second kappa shape index (κ2) is 8.97. The molecule has 2 aromatic carbocycles. The summed E-state index contributed by atoms with van der Waals surface area (Å²) in [4.78, 5) is 13.4. The number of amides is 1. The van der Waals surface area contributed by atoms with Crippen molar-refractivity contribution in [2.24, 2.45) is 11.8 Å². The summed E-state index contributed by atoms with van der Waals surface area (Å²) in [6, 6.07) is 17.5. The predicted octanol–water partition coefficient (Wildman–Crippen LogP) is 2.61. The maximum atomic E-state index is 13.4. The van der Waals surface area contributed by atoms with Gasteiger partial charge in [-0.05, 0) is 61.4 Å². The Morgan fingerprint density at radius 3 is 2.73 bits per heavy atom. The first-order valence-corrected chi connectivity index (χ1v) is 12.2. The van der Waals surface area contributed by atoms with Crippen LogP contribution in [0.2, 0.25) is 0 Å². The maximum absolute atomic E-state index is 13.4. The molecule has 0 aromatic heterocycles. The van der Waals surface area contributed by atoms with E-state index in [1.165, 1.54) is 11.1 Å². The number of hydrogen-bond donors (Lipinski definition) is 4. The normalized spacial score (nSPS) is 32.8. The molecule has 7 heteroatoms. The minimum Gasteiger partial charge on any atom is -0.454 e. The molecule has 33 heavy (non-hydrogen) atoms. The van der Waals surface area contributed by atoms with Crippen LogP contribution in [0.25, 0.3) is 0 Å². The summed E-state index contributed by atoms with van der Waals surface area (Å²) in [6.45, 7) is 2.10. The minimum absolute atomic E-state index is 0.0443. The van der Waals surface area contributed by atoms with E-state index in [4.69, 9.17) is 9.47 Å². The summed E-state index contributed by atoms with van der Waals surface area (Å²) in [6.07, 6.45) is 3.85. The SMILES string of the molecule is O=C(N[C@@H]1CNCC[C@H]1c1ccccc1)C1CCC2NNC(c3ccc4c(c3)OCO4)C2C1. The molecular weight excluding hydrogens is 416 g/mol. The molecule has 0 radical (unpaired) electrons. The van der Waals surface area contributed by atoms with Crippen molar-refractivity contribution in [2.75, 3.05) is 19.9 Å². The molecule has 0 spiro atoms. The maximum Gasteiger partial charge on any atom is 0.231 e. The van der Waals surface area contributed by atoms with E-state index in [0.29, 0.717) is 17.9 Å². The van der Waals surface area contributed by atoms with Crippen LogP contribution in [0, 0.1) is 11.8 Å². The van der Waals surface area contributed by atoms with Gasteiger partial charge in [-0.15, -0.1) is 0 Å². The Bertz CT molecular complexity index is 1000. The van der Waals surface area contributed by atoms with E-state index in [9.17, 15) is 4.79 Å². The quantitative estimate of drug-likeness (QED) is 0.576. The van der Waals surface area contributed by atoms with Crippen molar-refractivity contribution in [3.63, 3.8) is 0 Å². The Morgan fingerprint density at radius 1 is 0.939 bits per heavy atom. The van der Waals surface area contributed by atoms with Gasteiger partial charge in [-0.3, -0.25) is 10.2 Å². The number of piperidine rings is 1. The number of fused-ring (bicyclic) bond motifs is 2. The first-order valence-electron chi connectivity index (χ1n) is 12.2. The smallest absolute Gasteiger partial charge is 0.231 e. The Morgan fingerprint density at radius 2 is 1.82 bits per heavy atom. The van der Waals surface area contributed by atoms with Crippen LogP contribution in [0.5, 0.6) is 11.5 Å². The highest BCUT2D eigenvalue weighted by Crippen LogP contribution is 2.43. The lowest BCUT2D eigenvalue weighted by molar-refractivity contribution is -0.127. The van der Waals surface area contributed by atoms with Crippen molar-refractivity contribution in [2.45, 2.75) is 49.7 Å². The molecule has 7 nitrogen and oxygen atoms in total. The minimum atomic E-state index is 0.0443. The average molecular weight is 449 g/mol. The summed E-state index contributed by atoms with van der Waals surface area (Å²) < 4.78 is 11.1. The van der Waals surface area contributed by atoms with Crippen LogP contribution in [-0.4, -0.2) is 37.9 Å². The van der Waals surface area contributed by atoms with E-state index in [1.54, 1.807) is 0 Å². The molecule has 2 saturated heterocycles. The monoisotopic (exact) mass is 448 g/mol. The molecule has 3 aliphatic heterocycles. The summed E-state index contributed by atoms with van der Waals surface area (Å²) in [7, 11) is 0. The lowest BCUT2D eigenvalue weighted by Crippen LogP contribution is -2.52. The summed E-state index contributed by atoms with van der Waals surface area (Å²) in [5, 5.41) is 6.90. The molecule has 4 aliphatic rings. The number of hydrazine groups is 1. The average Bonchev–Trinajstić information content (AvgIpc) is 3.51. The van der Waals surface area contributed by atoms with Gasteiger partial charge >= 0.3 is 0 Å². The topological polar surface area (TPSA) is 83.7 Å². The highest BCUT2D eigenvalue weighted by atomic mass is 16.7. The molecule has 6 atom stereocenters. The van der Waals surface area contributed by atoms with Gasteiger partial charge in [-0.2, -0.15) is 0 Å². The number of carbonyl (C=O) groups excluding carboxylic acids is 1. The van der Waals surface area contributed by atoms with Gasteiger partial charge in [0.1, 0.15) is 0 Å². The molecule has 4 unspecified atom stereocenters. The Balaban J connectivity index is 1.14. The van der Waals surface area contributed by atoms with Crippen LogP contribution in [0.15, 0.2) is 48.5 Å². The van der Waals surface area contributed by atoms with Gasteiger partial charge in [-0.25, -0.2) is 5.43 Å². The fourth-order valence-corrected chi connectivity index (χ4v) is 6.14. The Kier molecular flexibility index (Phi) is 5.70. The van der Waals surface area contributed by atoms with E-state index in [-0.39, 0.29) is 30.7 Å². The zero-order valence-electron chi connectivity index (χ0n) is 18.8. The number of ether oxygens (including phenoxy) is 2. The lowest BCUT2D eigenvalue weighted by Gasteiger charge is -2.36. The van der Waals surface area contributed by atoms with E-state index in [0.717, 1.165) is 50.3 Å². The van der Waals surface area contributed by atoms with Crippen LogP contribution in [0.4, 0.5) is 0 Å². The van der Waals surface area contributed by atoms with Crippen LogP contribution < -0.4 is 31.0 Å². The molecule has 2 aromatic rings. The van der Waals surface area contributed by atoms with Gasteiger partial charge in [0, 0.05) is 30.5 Å². The van der Waals surface area contributed by atoms with E-state index in [1.807, 2.05) is 6.07 Å². The fraction of sp³-hybridized carbons (Fsp3) is 0.500. The first kappa shape index (κ1) is 21.0. The van der Waals surface area contributed by atoms with Crippen molar-refractivity contribution in [1.82, 2.24) is 21.5 Å². The third-order valence-corrected chi connectivity index (χ3v) is 7.92. The Labute approximate surface area is 194 Å². The highest BCUT2D eigenvalue weighted by molar-refractivity contribution is 5.79. The van der Waals surface area contributed by atoms with E-state index in [2.05, 4.69) is 63.9 Å². The number of rotatable bonds is 4. The number of hydrogen-bond acceptors (Lipinski definition) is 6. The zero-order chi connectivity index (χ0) is 22.2. The second-order valence-corrected chi connectivity index (χ2v) is 9.78. The highest BCUT2D eigenvalue weighted by Gasteiger charge is 2.43. The first-order chi connectivity index (χ1) is 16.3. The molecule has 3 fully saturated rings. The lowest BCUT2D eigenvalue weighted by atomic mass is 9.74. The van der Waals surface area contributed by atoms with Crippen LogP contribution in [-0.2, 0) is 4.79 Å². The largest absolute Gasteiger partial charge is 0.454 e. The number of carbonyl (C=O) groups is 1. The molecule has 174 valence electrons. The summed E-state index contributed by atoms with van der Waals surface area (Å²) >= 11 is 0. The molecule has 1 aliphatic carbocycles. The molecule has 0 bridgehead atoms. The van der Waals surface area contributed by atoms with Crippen LogP contribution in [0.3, 0.4) is 0 Å². The predicted molar refractivity (Wildman–Crippen MR) is 125 cm³/mol. The zero-order valence-corrected chi connectivity index (χ0v) is 18.8. The van der Waals surface area contributed by atoms with E-state index >= 15 is 0 Å². The van der Waals surface area contributed by atoms with Crippen molar-refractivity contribution >= 4 is 5.91 Å². The van der Waals surface area contributed by atoms with Gasteiger partial charge in [-0.1, -0.05) is 36.4 Å². The Hall–Kier alpha value is -2.61. The van der Waals surface area contributed by atoms with Crippen molar-refractivity contribution < 1.29 is 14.3 Å². The number of benzene rings is 2. The summed E-state index contributed by atoms with van der Waals surface area (Å²) in [5.74, 6) is 2.59. The summed E-state index contributed by atoms with van der Waals surface area (Å²) in [5.41, 5.74) is 9.47. The van der Waals surface area contributed by atoms with Gasteiger partial charge in [0.25, 0.3) is 0 Å². The molecule has 1 amide bonds. The van der Waals surface area contributed by atoms with Crippen molar-refractivity contribution in [3.8, 4) is 11.5 Å². The van der Waals surface area contributed by atoms with Crippen LogP contribution >= 0.6 is 0 Å². The van der Waals surface area contributed by atoms with E-state index < -0.39 is 0 Å². The third kappa shape index (κ3) is 4.09. The van der Waals surface area contributed by atoms with Crippen molar-refractivity contribution in [1.29, 1.82) is 0 Å². The molecular formula is C26H32N4O3. The van der Waals surface area contributed by atoms with Gasteiger partial charge < -0.3 is 20.1 Å². The molecule has 3 heterocycles. The van der Waals surface area contributed by atoms with Crippen molar-refractivity contribution in [3.05, 3.63) is 59.7 Å². The third-order valence-electron chi connectivity index (χ3n) is 7.92. The molecule has 6 rings (SSSR count). The fourth-order valence-electron chi connectivity index (χ4n) is 6.14. The standard InChI is InChI=1S/C26H32N4O3/c31-26(28-22-14-27-11-10-19(22)16-4-2-1-3-5-16)18-6-8-21-20(12-18)25(30-29-21)17-7-9-23-24(13-17)33-15-32-23/h1-5,7,9,13,18-22,25,27,29-30H,6,8,10-12,14-15H2,(H,28,31)/t18?,19-,20?,21?,22+,25?/m0/s1. The number of nitrogens with one attached hydrogen (secondary N) is 4.